The van der Waals surface area contributed by atoms with Gasteiger partial charge in [0.05, 0.1) is 0 Å². The molecule has 2 unspecified atom stereocenters. The Morgan fingerprint density at radius 2 is 2.11 bits per heavy atom. The summed E-state index contributed by atoms with van der Waals surface area (Å²) in [5.74, 6) is 0.670. The smallest absolute Gasteiger partial charge is 0.123 e. The van der Waals surface area contributed by atoms with Crippen molar-refractivity contribution in [3.8, 4) is 0 Å². The van der Waals surface area contributed by atoms with Crippen molar-refractivity contribution in [2.24, 2.45) is 11.7 Å². The normalized spacial score (nSPS) is 22.3. The fourth-order valence-electron chi connectivity index (χ4n) is 2.65. The first kappa shape index (κ1) is 13.5. The van der Waals surface area contributed by atoms with Crippen molar-refractivity contribution in [3.63, 3.8) is 0 Å². The monoisotopic (exact) mass is 250 g/mol. The highest BCUT2D eigenvalue weighted by atomic mass is 19.1. The molecule has 0 amide bonds. The molecule has 0 saturated carbocycles. The summed E-state index contributed by atoms with van der Waals surface area (Å²) in [6.45, 7) is 5.73. The fourth-order valence-corrected chi connectivity index (χ4v) is 2.65. The van der Waals surface area contributed by atoms with Crippen molar-refractivity contribution in [2.75, 3.05) is 19.6 Å². The molecule has 1 aromatic rings. The molecule has 2 N–H and O–H groups in total. The molecule has 0 aromatic heterocycles. The molecular weight excluding hydrogens is 227 g/mol. The molecule has 0 aliphatic carbocycles. The van der Waals surface area contributed by atoms with Gasteiger partial charge in [0.15, 0.2) is 0 Å². The van der Waals surface area contributed by atoms with Crippen LogP contribution in [0.15, 0.2) is 24.3 Å². The molecule has 2 rings (SSSR count). The van der Waals surface area contributed by atoms with Gasteiger partial charge in [0.1, 0.15) is 5.82 Å². The molecule has 1 aliphatic rings. The van der Waals surface area contributed by atoms with Gasteiger partial charge in [0.2, 0.25) is 0 Å². The van der Waals surface area contributed by atoms with Gasteiger partial charge in [-0.2, -0.15) is 0 Å². The second kappa shape index (κ2) is 6.30. The third kappa shape index (κ3) is 3.53. The topological polar surface area (TPSA) is 29.3 Å². The predicted molar refractivity (Wildman–Crippen MR) is 72.8 cm³/mol. The maximum Gasteiger partial charge on any atom is 0.123 e. The third-order valence-electron chi connectivity index (χ3n) is 4.00. The van der Waals surface area contributed by atoms with E-state index in [0.717, 1.165) is 24.4 Å². The van der Waals surface area contributed by atoms with Crippen LogP contribution in [-0.4, -0.2) is 24.5 Å². The van der Waals surface area contributed by atoms with E-state index in [1.165, 1.54) is 38.1 Å². The summed E-state index contributed by atoms with van der Waals surface area (Å²) in [5.41, 5.74) is 7.17. The quantitative estimate of drug-likeness (QED) is 0.870. The minimum absolute atomic E-state index is 0.0197. The van der Waals surface area contributed by atoms with Crippen molar-refractivity contribution >= 4 is 0 Å². The van der Waals surface area contributed by atoms with Gasteiger partial charge in [-0.1, -0.05) is 25.5 Å². The average molecular weight is 250 g/mol. The van der Waals surface area contributed by atoms with E-state index < -0.39 is 0 Å². The molecule has 0 spiro atoms. The van der Waals surface area contributed by atoms with Gasteiger partial charge in [-0.05, 0) is 49.5 Å². The number of benzene rings is 1. The summed E-state index contributed by atoms with van der Waals surface area (Å²) >= 11 is 0. The molecule has 3 heteroatoms. The number of nitrogens with zero attached hydrogens (tertiary/aromatic N) is 1. The van der Waals surface area contributed by atoms with Crippen LogP contribution in [0.5, 0.6) is 0 Å². The van der Waals surface area contributed by atoms with Gasteiger partial charge in [-0.15, -0.1) is 0 Å². The first-order valence-electron chi connectivity index (χ1n) is 6.92. The summed E-state index contributed by atoms with van der Waals surface area (Å²) in [6.07, 6.45) is 3.55. The van der Waals surface area contributed by atoms with Crippen LogP contribution in [0, 0.1) is 11.7 Å². The van der Waals surface area contributed by atoms with Crippen LogP contribution in [0.1, 0.15) is 37.8 Å². The van der Waals surface area contributed by atoms with Gasteiger partial charge in [-0.3, -0.25) is 0 Å². The Kier molecular flexibility index (Phi) is 4.72. The Morgan fingerprint density at radius 1 is 1.39 bits per heavy atom. The standard InChI is InChI=1S/C15H23FN2/c1-2-12-7-9-18(11-12)10-8-15(17)13-3-5-14(16)6-4-13/h3-6,12,15H,2,7-11,17H2,1H3. The first-order valence-corrected chi connectivity index (χ1v) is 6.92. The zero-order valence-electron chi connectivity index (χ0n) is 11.1. The van der Waals surface area contributed by atoms with Crippen LogP contribution in [0.3, 0.4) is 0 Å². The van der Waals surface area contributed by atoms with Crippen LogP contribution in [0.25, 0.3) is 0 Å². The molecule has 1 aromatic carbocycles. The van der Waals surface area contributed by atoms with Crippen molar-refractivity contribution in [2.45, 2.75) is 32.2 Å². The lowest BCUT2D eigenvalue weighted by atomic mass is 10.0. The number of hydrogen-bond donors (Lipinski definition) is 1. The molecular formula is C15H23FN2. The molecule has 1 fully saturated rings. The molecule has 1 aliphatic heterocycles. The van der Waals surface area contributed by atoms with Crippen molar-refractivity contribution < 1.29 is 4.39 Å². The average Bonchev–Trinajstić information content (AvgIpc) is 2.85. The lowest BCUT2D eigenvalue weighted by Crippen LogP contribution is -2.25. The van der Waals surface area contributed by atoms with Gasteiger partial charge in [0, 0.05) is 12.6 Å². The molecule has 100 valence electrons. The zero-order chi connectivity index (χ0) is 13.0. The largest absolute Gasteiger partial charge is 0.324 e. The highest BCUT2D eigenvalue weighted by Crippen LogP contribution is 2.21. The number of halogens is 1. The van der Waals surface area contributed by atoms with E-state index in [2.05, 4.69) is 11.8 Å². The van der Waals surface area contributed by atoms with Crippen LogP contribution in [0.2, 0.25) is 0 Å². The van der Waals surface area contributed by atoms with Crippen LogP contribution < -0.4 is 5.73 Å². The molecule has 2 nitrogen and oxygen atoms in total. The van der Waals surface area contributed by atoms with E-state index in [1.807, 2.05) is 0 Å². The summed E-state index contributed by atoms with van der Waals surface area (Å²) < 4.78 is 12.8. The van der Waals surface area contributed by atoms with Gasteiger partial charge >= 0.3 is 0 Å². The van der Waals surface area contributed by atoms with E-state index in [4.69, 9.17) is 5.73 Å². The highest BCUT2D eigenvalue weighted by molar-refractivity contribution is 5.19. The fraction of sp³-hybridized carbons (Fsp3) is 0.600. The third-order valence-corrected chi connectivity index (χ3v) is 4.00. The molecule has 18 heavy (non-hydrogen) atoms. The van der Waals surface area contributed by atoms with Gasteiger partial charge < -0.3 is 10.6 Å². The van der Waals surface area contributed by atoms with E-state index >= 15 is 0 Å². The van der Waals surface area contributed by atoms with E-state index in [0.29, 0.717) is 0 Å². The lowest BCUT2D eigenvalue weighted by Gasteiger charge is -2.19. The van der Waals surface area contributed by atoms with Crippen molar-refractivity contribution in [1.82, 2.24) is 4.90 Å². The maximum atomic E-state index is 12.8. The van der Waals surface area contributed by atoms with E-state index in [9.17, 15) is 4.39 Å². The molecule has 1 saturated heterocycles. The van der Waals surface area contributed by atoms with Gasteiger partial charge in [-0.25, -0.2) is 4.39 Å². The predicted octanol–water partition coefficient (Wildman–Crippen LogP) is 2.95. The van der Waals surface area contributed by atoms with Crippen LogP contribution >= 0.6 is 0 Å². The summed E-state index contributed by atoms with van der Waals surface area (Å²) in [7, 11) is 0. The number of likely N-dealkylation sites (tertiary alicyclic amines) is 1. The molecule has 1 heterocycles. The number of hydrogen-bond acceptors (Lipinski definition) is 2. The summed E-state index contributed by atoms with van der Waals surface area (Å²) in [6, 6.07) is 6.57. The van der Waals surface area contributed by atoms with E-state index in [-0.39, 0.29) is 11.9 Å². The van der Waals surface area contributed by atoms with Gasteiger partial charge in [0.25, 0.3) is 0 Å². The second-order valence-electron chi connectivity index (χ2n) is 5.31. The SMILES string of the molecule is CCC1CCN(CCC(N)c2ccc(F)cc2)C1. The van der Waals surface area contributed by atoms with Crippen LogP contribution in [0.4, 0.5) is 4.39 Å². The Bertz CT molecular complexity index is 363. The lowest BCUT2D eigenvalue weighted by molar-refractivity contribution is 0.308. The second-order valence-corrected chi connectivity index (χ2v) is 5.31. The maximum absolute atomic E-state index is 12.8. The number of rotatable bonds is 5. The zero-order valence-corrected chi connectivity index (χ0v) is 11.1. The molecule has 0 bridgehead atoms. The van der Waals surface area contributed by atoms with Crippen molar-refractivity contribution in [1.29, 1.82) is 0 Å². The summed E-state index contributed by atoms with van der Waals surface area (Å²) in [5, 5.41) is 0. The van der Waals surface area contributed by atoms with E-state index in [1.54, 1.807) is 12.1 Å². The summed E-state index contributed by atoms with van der Waals surface area (Å²) in [4.78, 5) is 2.50. The molecule has 2 atom stereocenters. The van der Waals surface area contributed by atoms with Crippen LogP contribution in [-0.2, 0) is 0 Å². The Balaban J connectivity index is 1.78. The Labute approximate surface area is 109 Å². The Hall–Kier alpha value is -0.930. The van der Waals surface area contributed by atoms with Crippen molar-refractivity contribution in [3.05, 3.63) is 35.6 Å². The minimum atomic E-state index is -0.198. The minimum Gasteiger partial charge on any atom is -0.324 e. The number of nitrogens with two attached hydrogens (primary N) is 1. The molecule has 0 radical (unpaired) electrons. The highest BCUT2D eigenvalue weighted by Gasteiger charge is 2.21. The Morgan fingerprint density at radius 3 is 2.72 bits per heavy atom. The first-order chi connectivity index (χ1) is 8.69.